The molecular weight excluding hydrogens is 352 g/mol. The maximum atomic E-state index is 5.29. The monoisotopic (exact) mass is 380 g/mol. The predicted octanol–water partition coefficient (Wildman–Crippen LogP) is 2.21. The van der Waals surface area contributed by atoms with Crippen LogP contribution in [-0.4, -0.2) is 75.8 Å². The zero-order chi connectivity index (χ0) is 19.5. The summed E-state index contributed by atoms with van der Waals surface area (Å²) < 4.78 is 9.58. The Morgan fingerprint density at radius 2 is 1.71 bits per heavy atom. The van der Waals surface area contributed by atoms with Crippen molar-refractivity contribution in [2.75, 3.05) is 46.9 Å². The van der Waals surface area contributed by atoms with Crippen LogP contribution in [0.2, 0.25) is 0 Å². The zero-order valence-electron chi connectivity index (χ0n) is 16.9. The van der Waals surface area contributed by atoms with Crippen LogP contribution >= 0.6 is 0 Å². The molecule has 0 saturated carbocycles. The van der Waals surface area contributed by atoms with Gasteiger partial charge in [0.15, 0.2) is 5.82 Å². The average Bonchev–Trinajstić information content (AvgIpc) is 3.33. The van der Waals surface area contributed by atoms with Crippen LogP contribution in [0.1, 0.15) is 0 Å². The van der Waals surface area contributed by atoms with Crippen molar-refractivity contribution >= 4 is 0 Å². The highest BCUT2D eigenvalue weighted by Gasteiger charge is 2.20. The first-order chi connectivity index (χ1) is 13.7. The van der Waals surface area contributed by atoms with Gasteiger partial charge < -0.3 is 18.8 Å². The summed E-state index contributed by atoms with van der Waals surface area (Å²) >= 11 is 0. The molecule has 2 aromatic heterocycles. The fourth-order valence-corrected chi connectivity index (χ4v) is 3.66. The molecule has 0 radical (unpaired) electrons. The Hall–Kier alpha value is -2.64. The van der Waals surface area contributed by atoms with Crippen LogP contribution in [0.15, 0.2) is 43.0 Å². The van der Waals surface area contributed by atoms with Crippen molar-refractivity contribution in [1.82, 2.24) is 28.9 Å². The number of aryl methyl sites for hydroxylation is 1. The number of nitrogens with zero attached hydrogens (tertiary/aromatic N) is 6. The molecule has 7 nitrogen and oxygen atoms in total. The minimum Gasteiger partial charge on any atom is -0.497 e. The predicted molar refractivity (Wildman–Crippen MR) is 110 cm³/mol. The van der Waals surface area contributed by atoms with Crippen molar-refractivity contribution in [3.63, 3.8) is 0 Å². The number of methoxy groups -OCH3 is 1. The molecule has 28 heavy (non-hydrogen) atoms. The topological polar surface area (TPSA) is 51.4 Å². The number of imidazole rings is 2. The molecule has 0 spiro atoms. The summed E-state index contributed by atoms with van der Waals surface area (Å²) in [5.74, 6) is 1.78. The number of piperazine rings is 1. The fourth-order valence-electron chi connectivity index (χ4n) is 3.66. The summed E-state index contributed by atoms with van der Waals surface area (Å²) in [6, 6.07) is 8.05. The summed E-state index contributed by atoms with van der Waals surface area (Å²) in [7, 11) is 5.90. The van der Waals surface area contributed by atoms with Gasteiger partial charge in [-0.15, -0.1) is 0 Å². The number of likely N-dealkylation sites (N-methyl/N-ethyl adjacent to an activating group) is 1. The van der Waals surface area contributed by atoms with Gasteiger partial charge in [0, 0.05) is 64.3 Å². The van der Waals surface area contributed by atoms with Crippen LogP contribution in [-0.2, 0) is 13.6 Å². The van der Waals surface area contributed by atoms with Gasteiger partial charge in [-0.2, -0.15) is 0 Å². The molecule has 7 heteroatoms. The molecule has 0 atom stereocenters. The number of benzene rings is 1. The van der Waals surface area contributed by atoms with Gasteiger partial charge in [0.25, 0.3) is 0 Å². The third kappa shape index (κ3) is 3.81. The Bertz CT molecular complexity index is 905. The Balaban J connectivity index is 1.63. The molecule has 1 aromatic carbocycles. The fraction of sp³-hybridized carbons (Fsp3) is 0.429. The number of rotatable bonds is 6. The smallest absolute Gasteiger partial charge is 0.158 e. The lowest BCUT2D eigenvalue weighted by Crippen LogP contribution is -2.45. The van der Waals surface area contributed by atoms with E-state index in [4.69, 9.17) is 9.72 Å². The summed E-state index contributed by atoms with van der Waals surface area (Å²) in [4.78, 5) is 14.3. The number of hydrogen-bond donors (Lipinski definition) is 0. The van der Waals surface area contributed by atoms with E-state index in [9.17, 15) is 0 Å². The van der Waals surface area contributed by atoms with Crippen molar-refractivity contribution in [2.24, 2.45) is 7.05 Å². The van der Waals surface area contributed by atoms with Crippen molar-refractivity contribution < 1.29 is 4.74 Å². The molecule has 0 unspecified atom stereocenters. The minimum atomic E-state index is 0.844. The summed E-state index contributed by atoms with van der Waals surface area (Å²) in [5.41, 5.74) is 3.08. The molecule has 1 aliphatic heterocycles. The average molecular weight is 380 g/mol. The molecule has 1 saturated heterocycles. The SMILES string of the molecule is COc1ccc(-c2ncn(CCN3CCN(C)CC3)c2-c2nccn2C)cc1. The molecule has 0 N–H and O–H groups in total. The van der Waals surface area contributed by atoms with Crippen LogP contribution in [0.5, 0.6) is 5.75 Å². The van der Waals surface area contributed by atoms with E-state index >= 15 is 0 Å². The standard InChI is InChI=1S/C21H28N6O/c1-24-10-12-26(13-11-24)14-15-27-16-23-19(17-4-6-18(28-3)7-5-17)20(27)21-22-8-9-25(21)2/h4-9,16H,10-15H2,1-3H3. The van der Waals surface area contributed by atoms with E-state index in [1.54, 1.807) is 7.11 Å². The van der Waals surface area contributed by atoms with E-state index < -0.39 is 0 Å². The van der Waals surface area contributed by atoms with Crippen molar-refractivity contribution in [3.05, 3.63) is 43.0 Å². The summed E-state index contributed by atoms with van der Waals surface area (Å²) in [6.45, 7) is 6.42. The maximum absolute atomic E-state index is 5.29. The first kappa shape index (κ1) is 18.7. The van der Waals surface area contributed by atoms with Crippen molar-refractivity contribution in [3.8, 4) is 28.5 Å². The number of hydrogen-bond acceptors (Lipinski definition) is 5. The molecule has 0 amide bonds. The third-order valence-corrected chi connectivity index (χ3v) is 5.49. The van der Waals surface area contributed by atoms with Crippen LogP contribution in [0.25, 0.3) is 22.8 Å². The highest BCUT2D eigenvalue weighted by Crippen LogP contribution is 2.31. The maximum Gasteiger partial charge on any atom is 0.158 e. The third-order valence-electron chi connectivity index (χ3n) is 5.49. The van der Waals surface area contributed by atoms with Crippen LogP contribution in [0, 0.1) is 0 Å². The molecule has 0 aliphatic carbocycles. The van der Waals surface area contributed by atoms with Crippen LogP contribution < -0.4 is 4.74 Å². The molecule has 4 rings (SSSR count). The highest BCUT2D eigenvalue weighted by molar-refractivity contribution is 5.75. The second kappa shape index (κ2) is 8.16. The van der Waals surface area contributed by atoms with Gasteiger partial charge in [-0.05, 0) is 31.3 Å². The molecule has 3 aromatic rings. The van der Waals surface area contributed by atoms with Gasteiger partial charge >= 0.3 is 0 Å². The summed E-state index contributed by atoms with van der Waals surface area (Å²) in [6.07, 6.45) is 5.76. The number of ether oxygens (including phenoxy) is 1. The normalized spacial score (nSPS) is 15.8. The van der Waals surface area contributed by atoms with Gasteiger partial charge in [0.1, 0.15) is 11.4 Å². The van der Waals surface area contributed by atoms with E-state index in [0.29, 0.717) is 0 Å². The van der Waals surface area contributed by atoms with E-state index in [-0.39, 0.29) is 0 Å². The quantitative estimate of drug-likeness (QED) is 0.656. The van der Waals surface area contributed by atoms with E-state index in [2.05, 4.69) is 43.1 Å². The Morgan fingerprint density at radius 3 is 2.36 bits per heavy atom. The second-order valence-corrected chi connectivity index (χ2v) is 7.37. The van der Waals surface area contributed by atoms with Crippen LogP contribution in [0.4, 0.5) is 0 Å². The van der Waals surface area contributed by atoms with E-state index in [1.165, 1.54) is 0 Å². The van der Waals surface area contributed by atoms with Crippen LogP contribution in [0.3, 0.4) is 0 Å². The second-order valence-electron chi connectivity index (χ2n) is 7.37. The highest BCUT2D eigenvalue weighted by atomic mass is 16.5. The first-order valence-corrected chi connectivity index (χ1v) is 9.74. The lowest BCUT2D eigenvalue weighted by Gasteiger charge is -2.32. The summed E-state index contributed by atoms with van der Waals surface area (Å²) in [5, 5.41) is 0. The molecule has 1 fully saturated rings. The Morgan fingerprint density at radius 1 is 0.964 bits per heavy atom. The van der Waals surface area contributed by atoms with E-state index in [1.807, 2.05) is 37.9 Å². The number of aromatic nitrogens is 4. The zero-order valence-corrected chi connectivity index (χ0v) is 16.9. The van der Waals surface area contributed by atoms with Gasteiger partial charge in [0.05, 0.1) is 19.1 Å². The molecular formula is C21H28N6O. The lowest BCUT2D eigenvalue weighted by atomic mass is 10.1. The molecule has 1 aliphatic rings. The minimum absolute atomic E-state index is 0.844. The lowest BCUT2D eigenvalue weighted by molar-refractivity contribution is 0.150. The van der Waals surface area contributed by atoms with Gasteiger partial charge in [0.2, 0.25) is 0 Å². The van der Waals surface area contributed by atoms with Gasteiger partial charge in [-0.1, -0.05) is 0 Å². The molecule has 0 bridgehead atoms. The van der Waals surface area contributed by atoms with E-state index in [0.717, 1.165) is 67.8 Å². The van der Waals surface area contributed by atoms with Gasteiger partial charge in [-0.3, -0.25) is 4.90 Å². The first-order valence-electron chi connectivity index (χ1n) is 9.74. The van der Waals surface area contributed by atoms with Gasteiger partial charge in [-0.25, -0.2) is 9.97 Å². The molecule has 3 heterocycles. The Labute approximate surface area is 166 Å². The largest absolute Gasteiger partial charge is 0.497 e. The van der Waals surface area contributed by atoms with Crippen molar-refractivity contribution in [2.45, 2.75) is 6.54 Å². The Kier molecular flexibility index (Phi) is 5.45. The molecule has 148 valence electrons. The van der Waals surface area contributed by atoms with Crippen molar-refractivity contribution in [1.29, 1.82) is 0 Å².